The van der Waals surface area contributed by atoms with Crippen LogP contribution in [0.1, 0.15) is 69.5 Å². The Labute approximate surface area is 384 Å². The van der Waals surface area contributed by atoms with Crippen molar-refractivity contribution in [1.82, 2.24) is 0 Å². The number of hydrogen-bond donors (Lipinski definition) is 2. The van der Waals surface area contributed by atoms with Crippen molar-refractivity contribution >= 4 is 77.6 Å². The summed E-state index contributed by atoms with van der Waals surface area (Å²) in [6.07, 6.45) is 15.1. The first-order valence-corrected chi connectivity index (χ1v) is 21.2. The van der Waals surface area contributed by atoms with Gasteiger partial charge in [0.15, 0.2) is 0 Å². The molecule has 7 aromatic rings. The van der Waals surface area contributed by atoms with Crippen LogP contribution in [0, 0.1) is 13.1 Å². The zero-order chi connectivity index (χ0) is 46.2. The summed E-state index contributed by atoms with van der Waals surface area (Å²) in [4.78, 5) is 30.9. The maximum Gasteiger partial charge on any atom is 0.333 e. The van der Waals surface area contributed by atoms with Crippen LogP contribution in [0.4, 0.5) is 17.1 Å². The van der Waals surface area contributed by atoms with Crippen LogP contribution in [-0.2, 0) is 15.0 Å². The third-order valence-electron chi connectivity index (χ3n) is 11.6. The second-order valence-electron chi connectivity index (χ2n) is 16.3. The van der Waals surface area contributed by atoms with Crippen molar-refractivity contribution in [3.8, 4) is 11.1 Å². The van der Waals surface area contributed by atoms with Gasteiger partial charge >= 0.3 is 11.9 Å². The van der Waals surface area contributed by atoms with Crippen molar-refractivity contribution in [3.63, 3.8) is 0 Å². The average molecular weight is 858 g/mol. The van der Waals surface area contributed by atoms with Crippen molar-refractivity contribution in [2.45, 2.75) is 19.3 Å². The average Bonchev–Trinajstić information content (AvgIpc) is 3.57. The molecule has 7 nitrogen and oxygen atoms in total. The molecule has 66 heavy (non-hydrogen) atoms. The number of nitrogens with zero attached hydrogens (tertiary/aromatic N) is 3. The molecule has 1 aliphatic rings. The second kappa shape index (κ2) is 19.1. The molecule has 0 radical (unpaired) electrons. The Morgan fingerprint density at radius 3 is 1.14 bits per heavy atom. The molecular weight excluding hydrogens is 815 g/mol. The molecule has 0 saturated heterocycles. The van der Waals surface area contributed by atoms with Crippen molar-refractivity contribution in [2.75, 3.05) is 4.90 Å². The SMILES string of the molecule is [C-]#[N+]C(=Cc1ccc(C=Cc2ccc(N(c3ccc(C=Cc4ccc(C=C([N+]#[C-])C(=O)O)cc4)cc3)c3ccc(C=Cc4ccc5c(c4)C(C)(C)c4ccccc4-5)cc3)cc2)cc1)C(=O)O. The van der Waals surface area contributed by atoms with Crippen molar-refractivity contribution in [3.05, 3.63) is 254 Å². The highest BCUT2D eigenvalue weighted by atomic mass is 16.4. The Morgan fingerprint density at radius 1 is 0.439 bits per heavy atom. The quantitative estimate of drug-likeness (QED) is 0.0685. The number of anilines is 3. The summed E-state index contributed by atoms with van der Waals surface area (Å²) in [5, 5.41) is 18.4. The lowest BCUT2D eigenvalue weighted by Gasteiger charge is -2.26. The molecule has 0 atom stereocenters. The van der Waals surface area contributed by atoms with Crippen LogP contribution in [0.3, 0.4) is 0 Å². The van der Waals surface area contributed by atoms with Crippen LogP contribution in [0.15, 0.2) is 175 Å². The molecule has 7 aromatic carbocycles. The summed E-state index contributed by atoms with van der Waals surface area (Å²) < 4.78 is 0. The van der Waals surface area contributed by atoms with E-state index in [1.807, 2.05) is 48.6 Å². The molecule has 0 unspecified atom stereocenters. The Balaban J connectivity index is 1.03. The minimum atomic E-state index is -1.25. The van der Waals surface area contributed by atoms with Gasteiger partial charge in [0.1, 0.15) is 0 Å². The van der Waals surface area contributed by atoms with Crippen LogP contribution in [0.5, 0.6) is 0 Å². The summed E-state index contributed by atoms with van der Waals surface area (Å²) in [6, 6.07) is 55.3. The third-order valence-corrected chi connectivity index (χ3v) is 11.6. The molecule has 8 rings (SSSR count). The van der Waals surface area contributed by atoms with E-state index in [-0.39, 0.29) is 16.8 Å². The first-order chi connectivity index (χ1) is 32.0. The number of fused-ring (bicyclic) bond motifs is 3. The van der Waals surface area contributed by atoms with E-state index in [9.17, 15) is 19.8 Å². The number of rotatable bonds is 13. The Kier molecular flexibility index (Phi) is 12.6. The van der Waals surface area contributed by atoms with Gasteiger partial charge in [-0.25, -0.2) is 9.69 Å². The van der Waals surface area contributed by atoms with E-state index in [0.29, 0.717) is 11.1 Å². The third kappa shape index (κ3) is 9.77. The van der Waals surface area contributed by atoms with Gasteiger partial charge in [-0.15, -0.1) is 0 Å². The first-order valence-electron chi connectivity index (χ1n) is 21.2. The van der Waals surface area contributed by atoms with Gasteiger partial charge in [-0.3, -0.25) is 9.59 Å². The van der Waals surface area contributed by atoms with Gasteiger partial charge in [-0.05, 0) is 115 Å². The van der Waals surface area contributed by atoms with Crippen LogP contribution in [-0.4, -0.2) is 22.2 Å². The highest BCUT2D eigenvalue weighted by molar-refractivity contribution is 5.95. The zero-order valence-electron chi connectivity index (χ0n) is 36.3. The smallest absolute Gasteiger partial charge is 0.333 e. The molecule has 2 N–H and O–H groups in total. The number of carboxylic acid groups (broad SMARTS) is 2. The normalized spacial score (nSPS) is 13.0. The molecule has 0 spiro atoms. The molecule has 7 heteroatoms. The lowest BCUT2D eigenvalue weighted by molar-refractivity contribution is -0.133. The van der Waals surface area contributed by atoms with E-state index in [2.05, 4.69) is 156 Å². The van der Waals surface area contributed by atoms with E-state index < -0.39 is 11.9 Å². The van der Waals surface area contributed by atoms with Gasteiger partial charge in [0.05, 0.1) is 13.1 Å². The Morgan fingerprint density at radius 2 is 0.758 bits per heavy atom. The fourth-order valence-electron chi connectivity index (χ4n) is 8.06. The standard InChI is InChI=1S/C59H43N3O4/c1-59(2)53-8-6-5-7-51(53)52-36-29-45(37-54(52)59)18-13-44-27-34-50(35-28-44)62(48-30-23-42(24-31-48)11-9-40-14-19-46(20-15-40)38-55(60-3)57(63)64)49-32-25-43(26-33-49)12-10-41-16-21-47(22-17-41)39-56(61-4)58(65)66/h5-39H,1-2H3,(H,63,64)(H,65,66). The molecule has 1 aliphatic carbocycles. The molecule has 318 valence electrons. The zero-order valence-corrected chi connectivity index (χ0v) is 36.3. The first kappa shape index (κ1) is 43.6. The molecule has 0 amide bonds. The Hall–Kier alpha value is -9.04. The largest absolute Gasteiger partial charge is 0.486 e. The highest BCUT2D eigenvalue weighted by Gasteiger charge is 2.35. The summed E-state index contributed by atoms with van der Waals surface area (Å²) >= 11 is 0. The van der Waals surface area contributed by atoms with Crippen LogP contribution < -0.4 is 4.90 Å². The molecule has 0 aromatic heterocycles. The topological polar surface area (TPSA) is 86.6 Å². The van der Waals surface area contributed by atoms with Gasteiger partial charge in [-0.2, -0.15) is 0 Å². The number of hydrogen-bond acceptors (Lipinski definition) is 3. The van der Waals surface area contributed by atoms with Crippen LogP contribution >= 0.6 is 0 Å². The summed E-state index contributed by atoms with van der Waals surface area (Å²) in [5.41, 5.74) is 14.9. The maximum atomic E-state index is 11.3. The predicted octanol–water partition coefficient (Wildman–Crippen LogP) is 14.7. The van der Waals surface area contributed by atoms with Gasteiger partial charge in [0, 0.05) is 22.5 Å². The van der Waals surface area contributed by atoms with E-state index >= 15 is 0 Å². The van der Waals surface area contributed by atoms with Crippen molar-refractivity contribution in [2.24, 2.45) is 0 Å². The van der Waals surface area contributed by atoms with E-state index in [1.165, 1.54) is 34.4 Å². The van der Waals surface area contributed by atoms with Gasteiger partial charge in [-0.1, -0.05) is 178 Å². The van der Waals surface area contributed by atoms with Crippen LogP contribution in [0.2, 0.25) is 0 Å². The minimum Gasteiger partial charge on any atom is -0.486 e. The molecular formula is C59H43N3O4. The summed E-state index contributed by atoms with van der Waals surface area (Å²) in [5.74, 6) is -2.50. The predicted molar refractivity (Wildman–Crippen MR) is 269 cm³/mol. The van der Waals surface area contributed by atoms with Crippen LogP contribution in [0.25, 0.3) is 69.4 Å². The molecule has 0 fully saturated rings. The fraction of sp³-hybridized carbons (Fsp3) is 0.0508. The molecule has 0 heterocycles. The summed E-state index contributed by atoms with van der Waals surface area (Å²) in [7, 11) is 0. The van der Waals surface area contributed by atoms with E-state index in [0.717, 1.165) is 50.4 Å². The molecule has 0 saturated carbocycles. The van der Waals surface area contributed by atoms with Gasteiger partial charge in [0.25, 0.3) is 11.4 Å². The van der Waals surface area contributed by atoms with E-state index in [1.54, 1.807) is 24.3 Å². The maximum absolute atomic E-state index is 11.3. The van der Waals surface area contributed by atoms with Crippen molar-refractivity contribution in [1.29, 1.82) is 0 Å². The molecule has 0 bridgehead atoms. The lowest BCUT2D eigenvalue weighted by atomic mass is 9.82. The fourth-order valence-corrected chi connectivity index (χ4v) is 8.06. The number of benzene rings is 7. The minimum absolute atomic E-state index is 0.0626. The van der Waals surface area contributed by atoms with Gasteiger partial charge in [0.2, 0.25) is 0 Å². The summed E-state index contributed by atoms with van der Waals surface area (Å²) in [6.45, 7) is 18.8. The number of aliphatic carboxylic acids is 2. The number of carbonyl (C=O) groups is 2. The monoisotopic (exact) mass is 857 g/mol. The highest BCUT2D eigenvalue weighted by Crippen LogP contribution is 2.48. The van der Waals surface area contributed by atoms with Crippen molar-refractivity contribution < 1.29 is 19.8 Å². The molecule has 0 aliphatic heterocycles. The number of carboxylic acids is 2. The Bertz CT molecular complexity index is 3050. The van der Waals surface area contributed by atoms with Gasteiger partial charge < -0.3 is 15.1 Å². The lowest BCUT2D eigenvalue weighted by Crippen LogP contribution is -2.14. The second-order valence-corrected chi connectivity index (χ2v) is 16.3. The van der Waals surface area contributed by atoms with E-state index in [4.69, 9.17) is 13.1 Å².